The molecule has 0 aliphatic heterocycles. The Labute approximate surface area is 118 Å². The first-order valence-electron chi connectivity index (χ1n) is 8.11. The van der Waals surface area contributed by atoms with Gasteiger partial charge in [0.05, 0.1) is 0 Å². The molecule has 1 N–H and O–H groups in total. The molecule has 1 saturated carbocycles. The van der Waals surface area contributed by atoms with E-state index in [0.717, 1.165) is 12.5 Å². The predicted molar refractivity (Wildman–Crippen MR) is 83.4 cm³/mol. The first-order chi connectivity index (χ1) is 9.31. The topological polar surface area (TPSA) is 12.0 Å². The second kappa shape index (κ2) is 7.69. The van der Waals surface area contributed by atoms with Gasteiger partial charge < -0.3 is 5.32 Å². The van der Waals surface area contributed by atoms with Crippen molar-refractivity contribution >= 4 is 0 Å². The highest BCUT2D eigenvalue weighted by molar-refractivity contribution is 5.24. The van der Waals surface area contributed by atoms with Crippen molar-refractivity contribution < 1.29 is 0 Å². The van der Waals surface area contributed by atoms with Crippen molar-refractivity contribution in [1.29, 1.82) is 0 Å². The van der Waals surface area contributed by atoms with Gasteiger partial charge in [-0.3, -0.25) is 0 Å². The van der Waals surface area contributed by atoms with Crippen LogP contribution >= 0.6 is 0 Å². The first kappa shape index (κ1) is 14.6. The van der Waals surface area contributed by atoms with E-state index in [2.05, 4.69) is 43.4 Å². The lowest BCUT2D eigenvalue weighted by atomic mass is 9.82. The summed E-state index contributed by atoms with van der Waals surface area (Å²) in [5, 5.41) is 3.74. The molecule has 1 nitrogen and oxygen atoms in total. The fourth-order valence-corrected chi connectivity index (χ4v) is 3.37. The van der Waals surface area contributed by atoms with E-state index >= 15 is 0 Å². The first-order valence-corrected chi connectivity index (χ1v) is 8.11. The van der Waals surface area contributed by atoms with Crippen molar-refractivity contribution in [1.82, 2.24) is 5.32 Å². The molecule has 0 saturated heterocycles. The van der Waals surface area contributed by atoms with Gasteiger partial charge in [-0.05, 0) is 37.8 Å². The molecule has 1 unspecified atom stereocenters. The van der Waals surface area contributed by atoms with Gasteiger partial charge in [-0.2, -0.15) is 0 Å². The van der Waals surface area contributed by atoms with Gasteiger partial charge in [-0.1, -0.05) is 68.9 Å². The zero-order valence-electron chi connectivity index (χ0n) is 12.6. The minimum absolute atomic E-state index is 0.559. The van der Waals surface area contributed by atoms with E-state index < -0.39 is 0 Å². The molecular formula is C18H29N. The number of rotatable bonds is 4. The van der Waals surface area contributed by atoms with Gasteiger partial charge in [0, 0.05) is 6.04 Å². The Balaban J connectivity index is 2.10. The molecule has 19 heavy (non-hydrogen) atoms. The van der Waals surface area contributed by atoms with Crippen LogP contribution < -0.4 is 5.32 Å². The molecule has 1 aliphatic rings. The lowest BCUT2D eigenvalue weighted by molar-refractivity contribution is 0.291. The van der Waals surface area contributed by atoms with Crippen LogP contribution in [0.1, 0.15) is 69.0 Å². The van der Waals surface area contributed by atoms with Crippen LogP contribution in [0.2, 0.25) is 0 Å². The fourth-order valence-electron chi connectivity index (χ4n) is 3.37. The fraction of sp³-hybridized carbons (Fsp3) is 0.667. The van der Waals surface area contributed by atoms with E-state index in [1.54, 1.807) is 0 Å². The van der Waals surface area contributed by atoms with Crippen molar-refractivity contribution in [2.75, 3.05) is 6.54 Å². The Morgan fingerprint density at radius 1 is 1.00 bits per heavy atom. The van der Waals surface area contributed by atoms with Crippen LogP contribution in [0.25, 0.3) is 0 Å². The van der Waals surface area contributed by atoms with Crippen LogP contribution in [-0.2, 0) is 0 Å². The minimum Gasteiger partial charge on any atom is -0.310 e. The highest BCUT2D eigenvalue weighted by Gasteiger charge is 2.22. The SMILES string of the molecule is CCNC(c1ccc(C)cc1)C1CCCCCCC1. The zero-order valence-corrected chi connectivity index (χ0v) is 12.6. The molecule has 0 heterocycles. The highest BCUT2D eigenvalue weighted by atomic mass is 14.9. The average molecular weight is 259 g/mol. The summed E-state index contributed by atoms with van der Waals surface area (Å²) in [6.07, 6.45) is 9.93. The van der Waals surface area contributed by atoms with Crippen LogP contribution in [0.4, 0.5) is 0 Å². The third-order valence-corrected chi connectivity index (χ3v) is 4.48. The number of benzene rings is 1. The lowest BCUT2D eigenvalue weighted by Crippen LogP contribution is -2.28. The monoisotopic (exact) mass is 259 g/mol. The minimum atomic E-state index is 0.559. The maximum atomic E-state index is 3.74. The molecule has 0 radical (unpaired) electrons. The van der Waals surface area contributed by atoms with Crippen molar-refractivity contribution in [3.05, 3.63) is 35.4 Å². The van der Waals surface area contributed by atoms with Gasteiger partial charge in [0.25, 0.3) is 0 Å². The Morgan fingerprint density at radius 3 is 2.16 bits per heavy atom. The van der Waals surface area contributed by atoms with E-state index in [9.17, 15) is 0 Å². The smallest absolute Gasteiger partial charge is 0.0348 e. The molecule has 1 heteroatoms. The van der Waals surface area contributed by atoms with Crippen molar-refractivity contribution in [3.63, 3.8) is 0 Å². The molecule has 106 valence electrons. The van der Waals surface area contributed by atoms with E-state index in [-0.39, 0.29) is 0 Å². The predicted octanol–water partition coefficient (Wildman–Crippen LogP) is 5.01. The summed E-state index contributed by atoms with van der Waals surface area (Å²) in [7, 11) is 0. The molecule has 1 atom stereocenters. The quantitative estimate of drug-likeness (QED) is 0.801. The summed E-state index contributed by atoms with van der Waals surface area (Å²) in [6, 6.07) is 9.71. The maximum Gasteiger partial charge on any atom is 0.0348 e. The Kier molecular flexibility index (Phi) is 5.91. The second-order valence-electron chi connectivity index (χ2n) is 6.05. The zero-order chi connectivity index (χ0) is 13.5. The molecule has 1 fully saturated rings. The van der Waals surface area contributed by atoms with Gasteiger partial charge in [0.15, 0.2) is 0 Å². The summed E-state index contributed by atoms with van der Waals surface area (Å²) in [5.74, 6) is 0.822. The summed E-state index contributed by atoms with van der Waals surface area (Å²) < 4.78 is 0. The molecule has 0 aromatic heterocycles. The van der Waals surface area contributed by atoms with Gasteiger partial charge in [-0.25, -0.2) is 0 Å². The Bertz CT molecular complexity index is 346. The standard InChI is InChI=1S/C18H29N/c1-3-19-18(17-13-11-15(2)12-14-17)16-9-7-5-4-6-8-10-16/h11-14,16,18-19H,3-10H2,1-2H3. The number of hydrogen-bond donors (Lipinski definition) is 1. The van der Waals surface area contributed by atoms with E-state index in [1.807, 2.05) is 0 Å². The Morgan fingerprint density at radius 2 is 1.58 bits per heavy atom. The molecular weight excluding hydrogens is 230 g/mol. The number of hydrogen-bond acceptors (Lipinski definition) is 1. The molecule has 0 amide bonds. The summed E-state index contributed by atoms with van der Waals surface area (Å²) in [6.45, 7) is 5.46. The van der Waals surface area contributed by atoms with Crippen molar-refractivity contribution in [3.8, 4) is 0 Å². The summed E-state index contributed by atoms with van der Waals surface area (Å²) in [4.78, 5) is 0. The van der Waals surface area contributed by atoms with E-state index in [0.29, 0.717) is 6.04 Å². The van der Waals surface area contributed by atoms with Crippen LogP contribution in [-0.4, -0.2) is 6.54 Å². The number of nitrogens with one attached hydrogen (secondary N) is 1. The molecule has 1 aliphatic carbocycles. The molecule has 0 bridgehead atoms. The van der Waals surface area contributed by atoms with Gasteiger partial charge in [0.2, 0.25) is 0 Å². The normalized spacial score (nSPS) is 19.7. The third kappa shape index (κ3) is 4.35. The van der Waals surface area contributed by atoms with Crippen molar-refractivity contribution in [2.24, 2.45) is 5.92 Å². The second-order valence-corrected chi connectivity index (χ2v) is 6.05. The summed E-state index contributed by atoms with van der Waals surface area (Å²) in [5.41, 5.74) is 2.84. The van der Waals surface area contributed by atoms with Crippen molar-refractivity contribution in [2.45, 2.75) is 64.8 Å². The van der Waals surface area contributed by atoms with E-state index in [4.69, 9.17) is 0 Å². The number of aryl methyl sites for hydroxylation is 1. The molecule has 0 spiro atoms. The molecule has 2 rings (SSSR count). The van der Waals surface area contributed by atoms with Crippen LogP contribution in [0.3, 0.4) is 0 Å². The maximum absolute atomic E-state index is 3.74. The summed E-state index contributed by atoms with van der Waals surface area (Å²) >= 11 is 0. The van der Waals surface area contributed by atoms with Gasteiger partial charge >= 0.3 is 0 Å². The van der Waals surface area contributed by atoms with Crippen LogP contribution in [0.15, 0.2) is 24.3 Å². The van der Waals surface area contributed by atoms with Crippen LogP contribution in [0.5, 0.6) is 0 Å². The Hall–Kier alpha value is -0.820. The van der Waals surface area contributed by atoms with Gasteiger partial charge in [0.1, 0.15) is 0 Å². The third-order valence-electron chi connectivity index (χ3n) is 4.48. The lowest BCUT2D eigenvalue weighted by Gasteiger charge is -2.30. The molecule has 1 aromatic carbocycles. The van der Waals surface area contributed by atoms with E-state index in [1.165, 1.54) is 56.1 Å². The average Bonchev–Trinajstić information content (AvgIpc) is 2.38. The largest absolute Gasteiger partial charge is 0.310 e. The molecule has 1 aromatic rings. The van der Waals surface area contributed by atoms with Crippen LogP contribution in [0, 0.1) is 12.8 Å². The highest BCUT2D eigenvalue weighted by Crippen LogP contribution is 2.33. The van der Waals surface area contributed by atoms with Gasteiger partial charge in [-0.15, -0.1) is 0 Å².